The number of amides is 1. The van der Waals surface area contributed by atoms with Crippen LogP contribution in [-0.4, -0.2) is 29.9 Å². The molecule has 2 saturated heterocycles. The molecule has 2 bridgehead atoms. The summed E-state index contributed by atoms with van der Waals surface area (Å²) in [5.41, 5.74) is 5.07. The van der Waals surface area contributed by atoms with Crippen molar-refractivity contribution in [2.24, 2.45) is 11.7 Å². The number of alkyl halides is 3. The summed E-state index contributed by atoms with van der Waals surface area (Å²) in [6, 6.07) is 12.9. The molecule has 2 aliphatic heterocycles. The van der Waals surface area contributed by atoms with E-state index in [0.29, 0.717) is 5.92 Å². The van der Waals surface area contributed by atoms with Gasteiger partial charge in [0.25, 0.3) is 0 Å². The minimum atomic E-state index is -4.56. The number of likely N-dealkylation sites (N-methyl/N-ethyl adjacent to an activating group) is 1. The van der Waals surface area contributed by atoms with Gasteiger partial charge in [0.2, 0.25) is 5.91 Å². The lowest BCUT2D eigenvalue weighted by Crippen LogP contribution is -2.50. The van der Waals surface area contributed by atoms with Crippen LogP contribution in [0.1, 0.15) is 45.8 Å². The maximum absolute atomic E-state index is 13.9. The molecule has 1 unspecified atom stereocenters. The van der Waals surface area contributed by atoms with Gasteiger partial charge >= 0.3 is 6.18 Å². The van der Waals surface area contributed by atoms with Gasteiger partial charge in [-0.15, -0.1) is 0 Å². The molecule has 2 heterocycles. The van der Waals surface area contributed by atoms with Crippen molar-refractivity contribution in [1.29, 1.82) is 0 Å². The highest BCUT2D eigenvalue weighted by molar-refractivity contribution is 5.95. The van der Waals surface area contributed by atoms with Gasteiger partial charge in [0.05, 0.1) is 5.56 Å². The zero-order valence-electron chi connectivity index (χ0n) is 15.0. The number of nitrogens with zero attached hydrogens (tertiary/aromatic N) is 1. The summed E-state index contributed by atoms with van der Waals surface area (Å²) < 4.78 is 41.8. The molecule has 0 aromatic heterocycles. The summed E-state index contributed by atoms with van der Waals surface area (Å²) >= 11 is 0. The SMILES string of the molecule is CN1CC2CC1(C(c1ccccc1)c1c(C(N)=O)cccc1C(F)(F)F)C2. The van der Waals surface area contributed by atoms with Crippen LogP contribution in [0.4, 0.5) is 13.2 Å². The second-order valence-electron chi connectivity index (χ2n) is 7.73. The number of carbonyl (C=O) groups is 1. The van der Waals surface area contributed by atoms with E-state index in [-0.39, 0.29) is 11.1 Å². The molecule has 6 heteroatoms. The van der Waals surface area contributed by atoms with E-state index in [1.165, 1.54) is 12.1 Å². The molecule has 0 radical (unpaired) electrons. The molecule has 1 saturated carbocycles. The molecule has 1 aliphatic carbocycles. The molecule has 1 atom stereocenters. The Morgan fingerprint density at radius 2 is 1.81 bits per heavy atom. The minimum Gasteiger partial charge on any atom is -0.366 e. The smallest absolute Gasteiger partial charge is 0.366 e. The molecule has 5 rings (SSSR count). The highest BCUT2D eigenvalue weighted by atomic mass is 19.4. The molecular formula is C21H21F3N2O. The average Bonchev–Trinajstić information content (AvgIpc) is 3.07. The lowest BCUT2D eigenvalue weighted by Gasteiger charge is -2.48. The standard InChI is InChI=1S/C21H21F3N2O/c1-26-12-13-10-20(26,11-13)18(14-6-3-2-4-7-14)17-15(19(25)27)8-5-9-16(17)21(22,23)24/h2-9,13,18H,10-12H2,1H3,(H2,25,27). The number of benzene rings is 2. The Kier molecular flexibility index (Phi) is 4.07. The van der Waals surface area contributed by atoms with Crippen molar-refractivity contribution < 1.29 is 18.0 Å². The van der Waals surface area contributed by atoms with E-state index >= 15 is 0 Å². The first kappa shape index (κ1) is 18.0. The normalized spacial score (nSPS) is 25.9. The number of hydrogen-bond donors (Lipinski definition) is 1. The summed E-state index contributed by atoms with van der Waals surface area (Å²) in [7, 11) is 1.96. The third-order valence-electron chi connectivity index (χ3n) is 6.21. The number of nitrogens with two attached hydrogens (primary N) is 1. The Morgan fingerprint density at radius 1 is 1.15 bits per heavy atom. The highest BCUT2D eigenvalue weighted by Crippen LogP contribution is 2.60. The quantitative estimate of drug-likeness (QED) is 0.878. The summed E-state index contributed by atoms with van der Waals surface area (Å²) in [6.45, 7) is 0.865. The molecule has 142 valence electrons. The van der Waals surface area contributed by atoms with E-state index in [9.17, 15) is 18.0 Å². The zero-order chi connectivity index (χ0) is 19.4. The van der Waals surface area contributed by atoms with Crippen molar-refractivity contribution in [3.63, 3.8) is 0 Å². The van der Waals surface area contributed by atoms with E-state index in [4.69, 9.17) is 5.73 Å². The number of carbonyl (C=O) groups excluding carboxylic acids is 1. The van der Waals surface area contributed by atoms with Gasteiger partial charge in [-0.05, 0) is 49.1 Å². The van der Waals surface area contributed by atoms with Crippen molar-refractivity contribution in [3.05, 3.63) is 70.8 Å². The van der Waals surface area contributed by atoms with E-state index in [2.05, 4.69) is 4.90 Å². The predicted molar refractivity (Wildman–Crippen MR) is 96.3 cm³/mol. The fourth-order valence-electron chi connectivity index (χ4n) is 5.14. The Balaban J connectivity index is 2.01. The Bertz CT molecular complexity index is 873. The van der Waals surface area contributed by atoms with Gasteiger partial charge in [-0.25, -0.2) is 0 Å². The van der Waals surface area contributed by atoms with E-state index in [1.807, 2.05) is 37.4 Å². The fourth-order valence-corrected chi connectivity index (χ4v) is 5.14. The maximum atomic E-state index is 13.9. The van der Waals surface area contributed by atoms with Crippen LogP contribution in [0.2, 0.25) is 0 Å². The van der Waals surface area contributed by atoms with Gasteiger partial charge in [0.15, 0.2) is 0 Å². The van der Waals surface area contributed by atoms with Crippen LogP contribution in [-0.2, 0) is 6.18 Å². The second-order valence-corrected chi connectivity index (χ2v) is 7.73. The first-order valence-corrected chi connectivity index (χ1v) is 9.00. The largest absolute Gasteiger partial charge is 0.416 e. The Morgan fingerprint density at radius 3 is 2.33 bits per heavy atom. The molecule has 3 fully saturated rings. The molecule has 3 nitrogen and oxygen atoms in total. The monoisotopic (exact) mass is 374 g/mol. The van der Waals surface area contributed by atoms with E-state index in [0.717, 1.165) is 31.0 Å². The number of primary amides is 1. The highest BCUT2D eigenvalue weighted by Gasteiger charge is 2.60. The van der Waals surface area contributed by atoms with Crippen LogP contribution < -0.4 is 5.73 Å². The number of hydrogen-bond acceptors (Lipinski definition) is 2. The summed E-state index contributed by atoms with van der Waals surface area (Å²) in [5, 5.41) is 0. The fraction of sp³-hybridized carbons (Fsp3) is 0.381. The van der Waals surface area contributed by atoms with Crippen LogP contribution in [0, 0.1) is 5.92 Å². The minimum absolute atomic E-state index is 0.0101. The predicted octanol–water partition coefficient (Wildman–Crippen LogP) is 4.03. The van der Waals surface area contributed by atoms with Gasteiger partial charge in [-0.2, -0.15) is 13.2 Å². The average molecular weight is 374 g/mol. The molecule has 3 aliphatic rings. The van der Waals surface area contributed by atoms with Crippen LogP contribution in [0.15, 0.2) is 48.5 Å². The third-order valence-corrected chi connectivity index (χ3v) is 6.21. The molecular weight excluding hydrogens is 353 g/mol. The van der Waals surface area contributed by atoms with Gasteiger partial charge in [-0.3, -0.25) is 9.69 Å². The van der Waals surface area contributed by atoms with Crippen molar-refractivity contribution in [1.82, 2.24) is 4.90 Å². The second kappa shape index (κ2) is 6.09. The summed E-state index contributed by atoms with van der Waals surface area (Å²) in [4.78, 5) is 14.3. The molecule has 2 aromatic carbocycles. The summed E-state index contributed by atoms with van der Waals surface area (Å²) in [6.07, 6.45) is -2.91. The first-order valence-electron chi connectivity index (χ1n) is 9.00. The van der Waals surface area contributed by atoms with Crippen LogP contribution in [0.3, 0.4) is 0 Å². The van der Waals surface area contributed by atoms with Gasteiger partial charge < -0.3 is 5.73 Å². The van der Waals surface area contributed by atoms with Crippen molar-refractivity contribution >= 4 is 5.91 Å². The maximum Gasteiger partial charge on any atom is 0.416 e. The molecule has 1 amide bonds. The Labute approximate surface area is 156 Å². The van der Waals surface area contributed by atoms with Crippen molar-refractivity contribution in [2.45, 2.75) is 30.5 Å². The van der Waals surface area contributed by atoms with Gasteiger partial charge in [0, 0.05) is 23.6 Å². The number of halogens is 3. The summed E-state index contributed by atoms with van der Waals surface area (Å²) in [5.74, 6) is -0.899. The van der Waals surface area contributed by atoms with E-state index < -0.39 is 29.1 Å². The Hall–Kier alpha value is -2.34. The zero-order valence-corrected chi connectivity index (χ0v) is 15.0. The van der Waals surface area contributed by atoms with Crippen LogP contribution in [0.5, 0.6) is 0 Å². The number of fused-ring (bicyclic) bond motifs is 1. The van der Waals surface area contributed by atoms with Gasteiger partial charge in [-0.1, -0.05) is 36.4 Å². The molecule has 2 aromatic rings. The lowest BCUT2D eigenvalue weighted by molar-refractivity contribution is -0.138. The third kappa shape index (κ3) is 2.74. The molecule has 0 spiro atoms. The van der Waals surface area contributed by atoms with Crippen molar-refractivity contribution in [2.75, 3.05) is 13.6 Å². The van der Waals surface area contributed by atoms with Crippen LogP contribution in [0.25, 0.3) is 0 Å². The first-order chi connectivity index (χ1) is 12.7. The van der Waals surface area contributed by atoms with Crippen molar-refractivity contribution in [3.8, 4) is 0 Å². The van der Waals surface area contributed by atoms with Gasteiger partial charge in [0.1, 0.15) is 0 Å². The topological polar surface area (TPSA) is 46.3 Å². The molecule has 27 heavy (non-hydrogen) atoms. The van der Waals surface area contributed by atoms with Crippen LogP contribution >= 0.6 is 0 Å². The lowest BCUT2D eigenvalue weighted by atomic mass is 9.61. The van der Waals surface area contributed by atoms with E-state index in [1.54, 1.807) is 0 Å². The molecule has 2 N–H and O–H groups in total. The number of rotatable bonds is 4.